The van der Waals surface area contributed by atoms with E-state index in [9.17, 15) is 14.3 Å². The number of aromatic hydroxyl groups is 1. The molecule has 0 radical (unpaired) electrons. The summed E-state index contributed by atoms with van der Waals surface area (Å²) in [5.74, 6) is -1.06. The molecule has 0 aliphatic carbocycles. The van der Waals surface area contributed by atoms with Gasteiger partial charge in [-0.15, -0.1) is 0 Å². The van der Waals surface area contributed by atoms with Crippen molar-refractivity contribution in [2.45, 2.75) is 6.92 Å². The Morgan fingerprint density at radius 3 is 2.53 bits per heavy atom. The van der Waals surface area contributed by atoms with Crippen LogP contribution >= 0.6 is 11.6 Å². The highest BCUT2D eigenvalue weighted by Gasteiger charge is 2.15. The smallest absolute Gasteiger partial charge is 0.275 e. The van der Waals surface area contributed by atoms with E-state index in [0.717, 1.165) is 10.8 Å². The molecule has 6 nitrogen and oxygen atoms in total. The molecule has 0 fully saturated rings. The van der Waals surface area contributed by atoms with E-state index >= 15 is 0 Å². The first-order valence-corrected chi connectivity index (χ1v) is 9.38. The van der Waals surface area contributed by atoms with Crippen LogP contribution in [0.15, 0.2) is 65.8 Å². The number of carbonyl (C=O) groups is 1. The lowest BCUT2D eigenvalue weighted by Crippen LogP contribution is -2.17. The molecule has 8 heteroatoms. The number of nitrogens with zero attached hydrogens (tertiary/aromatic N) is 3. The van der Waals surface area contributed by atoms with Crippen molar-refractivity contribution in [2.75, 3.05) is 0 Å². The highest BCUT2D eigenvalue weighted by Crippen LogP contribution is 2.25. The van der Waals surface area contributed by atoms with Crippen LogP contribution in [0.25, 0.3) is 16.5 Å². The molecule has 4 rings (SSSR count). The number of aryl methyl sites for hydroxylation is 1. The minimum Gasteiger partial charge on any atom is -0.507 e. The van der Waals surface area contributed by atoms with Crippen LogP contribution in [0.1, 0.15) is 21.6 Å². The molecule has 3 aromatic carbocycles. The van der Waals surface area contributed by atoms with E-state index in [1.165, 1.54) is 29.1 Å². The number of phenolic OH excluding ortho intramolecular Hbond substituents is 1. The molecule has 30 heavy (non-hydrogen) atoms. The molecule has 1 amide bonds. The van der Waals surface area contributed by atoms with E-state index in [-0.39, 0.29) is 22.3 Å². The van der Waals surface area contributed by atoms with E-state index in [4.69, 9.17) is 11.6 Å². The number of hydrogen-bond acceptors (Lipinski definition) is 4. The number of benzene rings is 3. The zero-order valence-corrected chi connectivity index (χ0v) is 16.6. The number of nitrogens with one attached hydrogen (secondary N) is 1. The number of hydrazone groups is 1. The van der Waals surface area contributed by atoms with Crippen LogP contribution in [-0.4, -0.2) is 27.0 Å². The maximum absolute atomic E-state index is 13.1. The van der Waals surface area contributed by atoms with Gasteiger partial charge in [-0.2, -0.15) is 10.2 Å². The van der Waals surface area contributed by atoms with Gasteiger partial charge in [-0.1, -0.05) is 35.9 Å². The molecule has 2 N–H and O–H groups in total. The summed E-state index contributed by atoms with van der Waals surface area (Å²) in [7, 11) is 0. The fourth-order valence-electron chi connectivity index (χ4n) is 3.04. The standard InChI is InChI=1S/C22H16ClFN4O2/c1-13-19(21(23)28(27-13)17-8-6-16(24)7-9-17)12-25-26-22(30)18-10-14-4-2-3-5-15(14)11-20(18)29/h2-12,29H,1H3,(H,26,30)/b25-12-. The minimum absolute atomic E-state index is 0.107. The lowest BCUT2D eigenvalue weighted by Gasteiger charge is -2.05. The first kappa shape index (κ1) is 19.6. The van der Waals surface area contributed by atoms with E-state index in [2.05, 4.69) is 15.6 Å². The van der Waals surface area contributed by atoms with Crippen molar-refractivity contribution in [3.63, 3.8) is 0 Å². The van der Waals surface area contributed by atoms with Gasteiger partial charge in [0.25, 0.3) is 5.91 Å². The van der Waals surface area contributed by atoms with Crippen molar-refractivity contribution in [2.24, 2.45) is 5.10 Å². The molecule has 0 saturated carbocycles. The van der Waals surface area contributed by atoms with Crippen molar-refractivity contribution >= 4 is 34.5 Å². The van der Waals surface area contributed by atoms with Crippen LogP contribution in [-0.2, 0) is 0 Å². The van der Waals surface area contributed by atoms with Gasteiger partial charge in [0.1, 0.15) is 16.7 Å². The Balaban J connectivity index is 1.56. The molecule has 150 valence electrons. The number of amides is 1. The van der Waals surface area contributed by atoms with Crippen molar-refractivity contribution in [1.82, 2.24) is 15.2 Å². The Labute approximate surface area is 176 Å². The fourth-order valence-corrected chi connectivity index (χ4v) is 3.36. The van der Waals surface area contributed by atoms with Crippen LogP contribution in [0.4, 0.5) is 4.39 Å². The lowest BCUT2D eigenvalue weighted by atomic mass is 10.1. The molecule has 0 saturated heterocycles. The SMILES string of the molecule is Cc1nn(-c2ccc(F)cc2)c(Cl)c1/C=N\NC(=O)c1cc2ccccc2cc1O. The number of carbonyl (C=O) groups excluding carboxylic acids is 1. The maximum Gasteiger partial charge on any atom is 0.275 e. The zero-order chi connectivity index (χ0) is 21.3. The molecule has 0 aliphatic heterocycles. The molecule has 0 unspecified atom stereocenters. The van der Waals surface area contributed by atoms with Gasteiger partial charge in [-0.3, -0.25) is 4.79 Å². The predicted molar refractivity (Wildman–Crippen MR) is 114 cm³/mol. The van der Waals surface area contributed by atoms with E-state index in [0.29, 0.717) is 16.9 Å². The van der Waals surface area contributed by atoms with Gasteiger partial charge in [-0.05, 0) is 54.1 Å². The monoisotopic (exact) mass is 422 g/mol. The topological polar surface area (TPSA) is 79.5 Å². The molecule has 4 aromatic rings. The van der Waals surface area contributed by atoms with Gasteiger partial charge in [0, 0.05) is 0 Å². The van der Waals surface area contributed by atoms with Crippen LogP contribution in [0.2, 0.25) is 5.15 Å². The van der Waals surface area contributed by atoms with Crippen molar-refractivity contribution in [3.05, 3.63) is 88.5 Å². The first-order valence-electron chi connectivity index (χ1n) is 9.00. The summed E-state index contributed by atoms with van der Waals surface area (Å²) in [5.41, 5.74) is 4.17. The van der Waals surface area contributed by atoms with E-state index in [1.807, 2.05) is 24.3 Å². The van der Waals surface area contributed by atoms with Crippen LogP contribution in [0.3, 0.4) is 0 Å². The number of aromatic nitrogens is 2. The third-order valence-electron chi connectivity index (χ3n) is 4.59. The van der Waals surface area contributed by atoms with Crippen LogP contribution < -0.4 is 5.43 Å². The summed E-state index contributed by atoms with van der Waals surface area (Å²) < 4.78 is 14.6. The normalized spacial score (nSPS) is 11.3. The summed E-state index contributed by atoms with van der Waals surface area (Å²) in [5, 5.41) is 20.4. The second-order valence-electron chi connectivity index (χ2n) is 6.59. The fraction of sp³-hybridized carbons (Fsp3) is 0.0455. The van der Waals surface area contributed by atoms with Gasteiger partial charge in [0.15, 0.2) is 0 Å². The predicted octanol–water partition coefficient (Wildman–Crippen LogP) is 4.60. The minimum atomic E-state index is -0.561. The van der Waals surface area contributed by atoms with Crippen molar-refractivity contribution in [1.29, 1.82) is 0 Å². The van der Waals surface area contributed by atoms with Crippen LogP contribution in [0.5, 0.6) is 5.75 Å². The number of fused-ring (bicyclic) bond motifs is 1. The van der Waals surface area contributed by atoms with Crippen molar-refractivity contribution < 1.29 is 14.3 Å². The van der Waals surface area contributed by atoms with Crippen molar-refractivity contribution in [3.8, 4) is 11.4 Å². The second-order valence-corrected chi connectivity index (χ2v) is 6.95. The first-order chi connectivity index (χ1) is 14.4. The summed E-state index contributed by atoms with van der Waals surface area (Å²) in [6.45, 7) is 1.74. The summed E-state index contributed by atoms with van der Waals surface area (Å²) >= 11 is 6.39. The number of rotatable bonds is 4. The molecule has 1 heterocycles. The average Bonchev–Trinajstić information content (AvgIpc) is 3.02. The molecule has 1 aromatic heterocycles. The Bertz CT molecular complexity index is 1280. The van der Waals surface area contributed by atoms with Gasteiger partial charge < -0.3 is 5.11 Å². The average molecular weight is 423 g/mol. The Morgan fingerprint density at radius 1 is 1.17 bits per heavy atom. The van der Waals surface area contributed by atoms with E-state index in [1.54, 1.807) is 25.1 Å². The quantitative estimate of drug-likeness (QED) is 0.372. The maximum atomic E-state index is 13.1. The number of phenols is 1. The highest BCUT2D eigenvalue weighted by atomic mass is 35.5. The van der Waals surface area contributed by atoms with E-state index < -0.39 is 5.91 Å². The summed E-state index contributed by atoms with van der Waals surface area (Å²) in [6, 6.07) is 16.3. The van der Waals surface area contributed by atoms with Crippen LogP contribution in [0, 0.1) is 12.7 Å². The largest absolute Gasteiger partial charge is 0.507 e. The lowest BCUT2D eigenvalue weighted by molar-refractivity contribution is 0.0952. The third-order valence-corrected chi connectivity index (χ3v) is 4.95. The van der Waals surface area contributed by atoms with Gasteiger partial charge in [0.2, 0.25) is 0 Å². The molecular weight excluding hydrogens is 407 g/mol. The Kier molecular flexibility index (Phi) is 5.20. The zero-order valence-electron chi connectivity index (χ0n) is 15.8. The van der Waals surface area contributed by atoms with Gasteiger partial charge >= 0.3 is 0 Å². The number of halogens is 2. The summed E-state index contributed by atoms with van der Waals surface area (Å²) in [6.07, 6.45) is 1.38. The molecule has 0 bridgehead atoms. The molecule has 0 spiro atoms. The number of hydrogen-bond donors (Lipinski definition) is 2. The molecular formula is C22H16ClFN4O2. The van der Waals surface area contributed by atoms with Gasteiger partial charge in [0.05, 0.1) is 28.7 Å². The highest BCUT2D eigenvalue weighted by molar-refractivity contribution is 6.32. The Hall–Kier alpha value is -3.71. The van der Waals surface area contributed by atoms with Gasteiger partial charge in [-0.25, -0.2) is 14.5 Å². The third kappa shape index (κ3) is 3.75. The molecule has 0 atom stereocenters. The summed E-state index contributed by atoms with van der Waals surface area (Å²) in [4.78, 5) is 12.5. The second kappa shape index (κ2) is 7.96. The Morgan fingerprint density at radius 2 is 1.83 bits per heavy atom. The molecule has 0 aliphatic rings.